The van der Waals surface area contributed by atoms with E-state index in [2.05, 4.69) is 36.6 Å². The fourth-order valence-corrected chi connectivity index (χ4v) is 1.91. The Labute approximate surface area is 126 Å². The number of aliphatic hydroxyl groups excluding tert-OH is 1. The largest absolute Gasteiger partial charge is 0.388 e. The van der Waals surface area contributed by atoms with Gasteiger partial charge in [0, 0.05) is 17.1 Å². The SMILES string of the molecule is CCCCNC(C)(C)C(C)NC(=O)c1noc(CO)c1C. The maximum atomic E-state index is 12.2. The first-order valence-corrected chi connectivity index (χ1v) is 7.45. The number of carbonyl (C=O) groups is 1. The highest BCUT2D eigenvalue weighted by molar-refractivity contribution is 5.93. The molecule has 0 aliphatic rings. The number of carbonyl (C=O) groups excluding carboxylic acids is 1. The zero-order chi connectivity index (χ0) is 16.0. The first kappa shape index (κ1) is 17.7. The van der Waals surface area contributed by atoms with E-state index >= 15 is 0 Å². The monoisotopic (exact) mass is 297 g/mol. The van der Waals surface area contributed by atoms with Crippen LogP contribution in [0.5, 0.6) is 0 Å². The average Bonchev–Trinajstić information content (AvgIpc) is 2.79. The van der Waals surface area contributed by atoms with E-state index in [0.29, 0.717) is 11.3 Å². The van der Waals surface area contributed by atoms with Crippen LogP contribution < -0.4 is 10.6 Å². The molecule has 1 amide bonds. The molecule has 3 N–H and O–H groups in total. The highest BCUT2D eigenvalue weighted by Crippen LogP contribution is 2.14. The van der Waals surface area contributed by atoms with E-state index in [0.717, 1.165) is 19.4 Å². The van der Waals surface area contributed by atoms with Crippen molar-refractivity contribution in [3.8, 4) is 0 Å². The lowest BCUT2D eigenvalue weighted by atomic mass is 9.95. The second-order valence-electron chi connectivity index (χ2n) is 5.93. The number of hydrogen-bond acceptors (Lipinski definition) is 5. The third-order valence-electron chi connectivity index (χ3n) is 3.92. The Morgan fingerprint density at radius 1 is 1.48 bits per heavy atom. The summed E-state index contributed by atoms with van der Waals surface area (Å²) in [6.45, 7) is 10.6. The van der Waals surface area contributed by atoms with Crippen LogP contribution in [0.4, 0.5) is 0 Å². The zero-order valence-electron chi connectivity index (χ0n) is 13.6. The lowest BCUT2D eigenvalue weighted by Gasteiger charge is -2.33. The standard InChI is InChI=1S/C15H27N3O3/c1-6-7-8-16-15(4,5)11(3)17-14(20)13-10(2)12(9-19)21-18-13/h11,16,19H,6-9H2,1-5H3,(H,17,20). The van der Waals surface area contributed by atoms with Crippen molar-refractivity contribution in [1.29, 1.82) is 0 Å². The maximum absolute atomic E-state index is 12.2. The summed E-state index contributed by atoms with van der Waals surface area (Å²) in [5, 5.41) is 19.2. The number of amides is 1. The van der Waals surface area contributed by atoms with Gasteiger partial charge in [0.1, 0.15) is 6.61 Å². The summed E-state index contributed by atoms with van der Waals surface area (Å²) in [6, 6.07) is -0.0736. The van der Waals surface area contributed by atoms with Gasteiger partial charge in [0.25, 0.3) is 5.91 Å². The van der Waals surface area contributed by atoms with Crippen LogP contribution in [0.1, 0.15) is 62.3 Å². The molecule has 1 heterocycles. The van der Waals surface area contributed by atoms with Gasteiger partial charge in [-0.1, -0.05) is 18.5 Å². The number of hydrogen-bond donors (Lipinski definition) is 3. The lowest BCUT2D eigenvalue weighted by molar-refractivity contribution is 0.0907. The van der Waals surface area contributed by atoms with E-state index in [1.807, 2.05) is 6.92 Å². The molecule has 0 radical (unpaired) electrons. The molecule has 0 bridgehead atoms. The molecule has 1 aromatic rings. The Balaban J connectivity index is 2.66. The Morgan fingerprint density at radius 2 is 2.14 bits per heavy atom. The molecule has 1 unspecified atom stereocenters. The van der Waals surface area contributed by atoms with E-state index in [-0.39, 0.29) is 29.8 Å². The minimum atomic E-state index is -0.284. The van der Waals surface area contributed by atoms with Crippen molar-refractivity contribution in [3.63, 3.8) is 0 Å². The minimum absolute atomic E-state index is 0.0736. The van der Waals surface area contributed by atoms with Crippen molar-refractivity contribution in [3.05, 3.63) is 17.0 Å². The zero-order valence-corrected chi connectivity index (χ0v) is 13.6. The molecule has 1 atom stereocenters. The number of aromatic nitrogens is 1. The normalized spacial score (nSPS) is 13.2. The van der Waals surface area contributed by atoms with Crippen LogP contribution in [0.3, 0.4) is 0 Å². The van der Waals surface area contributed by atoms with Crippen molar-refractivity contribution in [2.45, 2.75) is 65.6 Å². The predicted octanol–water partition coefficient (Wildman–Crippen LogP) is 1.76. The highest BCUT2D eigenvalue weighted by atomic mass is 16.5. The summed E-state index contributed by atoms with van der Waals surface area (Å²) in [7, 11) is 0. The average molecular weight is 297 g/mol. The van der Waals surface area contributed by atoms with Gasteiger partial charge in [0.05, 0.1) is 0 Å². The van der Waals surface area contributed by atoms with Crippen molar-refractivity contribution in [1.82, 2.24) is 15.8 Å². The van der Waals surface area contributed by atoms with Crippen LogP contribution in [-0.4, -0.2) is 34.3 Å². The predicted molar refractivity (Wildman–Crippen MR) is 81.1 cm³/mol. The first-order valence-electron chi connectivity index (χ1n) is 7.45. The van der Waals surface area contributed by atoms with Gasteiger partial charge in [-0.2, -0.15) is 0 Å². The van der Waals surface area contributed by atoms with Gasteiger partial charge in [0.2, 0.25) is 0 Å². The van der Waals surface area contributed by atoms with Gasteiger partial charge in [-0.3, -0.25) is 4.79 Å². The Bertz CT molecular complexity index is 469. The fourth-order valence-electron chi connectivity index (χ4n) is 1.91. The van der Waals surface area contributed by atoms with Gasteiger partial charge in [0.15, 0.2) is 11.5 Å². The molecule has 0 saturated carbocycles. The molecule has 0 aliphatic carbocycles. The Kier molecular flexibility index (Phi) is 6.36. The topological polar surface area (TPSA) is 87.4 Å². The van der Waals surface area contributed by atoms with Crippen LogP contribution in [0.25, 0.3) is 0 Å². The quantitative estimate of drug-likeness (QED) is 0.636. The van der Waals surface area contributed by atoms with Gasteiger partial charge in [-0.05, 0) is 40.7 Å². The number of unbranched alkanes of at least 4 members (excludes halogenated alkanes) is 1. The van der Waals surface area contributed by atoms with Gasteiger partial charge in [-0.15, -0.1) is 0 Å². The molecule has 1 rings (SSSR count). The van der Waals surface area contributed by atoms with E-state index in [4.69, 9.17) is 9.63 Å². The number of nitrogens with zero attached hydrogens (tertiary/aromatic N) is 1. The van der Waals surface area contributed by atoms with Crippen molar-refractivity contribution in [2.75, 3.05) is 6.54 Å². The smallest absolute Gasteiger partial charge is 0.274 e. The summed E-state index contributed by atoms with van der Waals surface area (Å²) < 4.78 is 4.94. The lowest BCUT2D eigenvalue weighted by Crippen LogP contribution is -2.56. The third-order valence-corrected chi connectivity index (χ3v) is 3.92. The molecule has 0 fully saturated rings. The second-order valence-corrected chi connectivity index (χ2v) is 5.93. The molecule has 0 saturated heterocycles. The maximum Gasteiger partial charge on any atom is 0.274 e. The fraction of sp³-hybridized carbons (Fsp3) is 0.733. The molecule has 0 spiro atoms. The number of aliphatic hydroxyl groups is 1. The van der Waals surface area contributed by atoms with E-state index < -0.39 is 0 Å². The van der Waals surface area contributed by atoms with Crippen molar-refractivity contribution < 1.29 is 14.4 Å². The molecule has 6 nitrogen and oxygen atoms in total. The molecule has 0 aromatic carbocycles. The van der Waals surface area contributed by atoms with Crippen molar-refractivity contribution >= 4 is 5.91 Å². The van der Waals surface area contributed by atoms with E-state index in [1.165, 1.54) is 0 Å². The van der Waals surface area contributed by atoms with Crippen molar-refractivity contribution in [2.24, 2.45) is 0 Å². The number of rotatable bonds is 8. The second kappa shape index (κ2) is 7.56. The third kappa shape index (κ3) is 4.54. The van der Waals surface area contributed by atoms with Crippen LogP contribution >= 0.6 is 0 Å². The summed E-state index contributed by atoms with van der Waals surface area (Å²) >= 11 is 0. The van der Waals surface area contributed by atoms with E-state index in [9.17, 15) is 4.79 Å². The van der Waals surface area contributed by atoms with Crippen LogP contribution in [0, 0.1) is 6.92 Å². The first-order chi connectivity index (χ1) is 9.83. The molecule has 21 heavy (non-hydrogen) atoms. The van der Waals surface area contributed by atoms with Gasteiger partial charge in [-0.25, -0.2) is 0 Å². The summed E-state index contributed by atoms with van der Waals surface area (Å²) in [4.78, 5) is 12.2. The van der Waals surface area contributed by atoms with Crippen LogP contribution in [-0.2, 0) is 6.61 Å². The number of nitrogens with one attached hydrogen (secondary N) is 2. The Morgan fingerprint density at radius 3 is 2.67 bits per heavy atom. The molecule has 120 valence electrons. The highest BCUT2D eigenvalue weighted by Gasteiger charge is 2.28. The molecular formula is C15H27N3O3. The Hall–Kier alpha value is -1.40. The molecule has 1 aromatic heterocycles. The summed E-state index contributed by atoms with van der Waals surface area (Å²) in [5.74, 6) is 0.0435. The molecular weight excluding hydrogens is 270 g/mol. The van der Waals surface area contributed by atoms with E-state index in [1.54, 1.807) is 6.92 Å². The van der Waals surface area contributed by atoms with Gasteiger partial charge >= 0.3 is 0 Å². The van der Waals surface area contributed by atoms with Crippen LogP contribution in [0.2, 0.25) is 0 Å². The summed E-state index contributed by atoms with van der Waals surface area (Å²) in [6.07, 6.45) is 2.23. The van der Waals surface area contributed by atoms with Crippen LogP contribution in [0.15, 0.2) is 4.52 Å². The molecule has 6 heteroatoms. The summed E-state index contributed by atoms with van der Waals surface area (Å²) in [5.41, 5.74) is 0.594. The minimum Gasteiger partial charge on any atom is -0.388 e. The van der Waals surface area contributed by atoms with Gasteiger partial charge < -0.3 is 20.3 Å². The molecule has 0 aliphatic heterocycles.